The van der Waals surface area contributed by atoms with Crippen LogP contribution in [0.2, 0.25) is 0 Å². The van der Waals surface area contributed by atoms with Gasteiger partial charge in [0.05, 0.1) is 12.4 Å². The molecule has 1 aromatic heterocycles. The van der Waals surface area contributed by atoms with Crippen molar-refractivity contribution in [3.05, 3.63) is 12.4 Å². The van der Waals surface area contributed by atoms with Crippen molar-refractivity contribution in [2.24, 2.45) is 0 Å². The Morgan fingerprint density at radius 2 is 2.27 bits per heavy atom. The third-order valence-corrected chi connectivity index (χ3v) is 2.66. The van der Waals surface area contributed by atoms with E-state index in [1.165, 1.54) is 12.8 Å². The third kappa shape index (κ3) is 2.20. The molecule has 1 N–H and O–H groups in total. The third-order valence-electron chi connectivity index (χ3n) is 2.66. The molecule has 0 bridgehead atoms. The molecule has 0 aromatic carbocycles. The van der Waals surface area contributed by atoms with Crippen LogP contribution in [0.15, 0.2) is 12.4 Å². The van der Waals surface area contributed by atoms with Gasteiger partial charge < -0.3 is 14.6 Å². The van der Waals surface area contributed by atoms with Gasteiger partial charge in [-0.2, -0.15) is 0 Å². The molecule has 1 aliphatic rings. The van der Waals surface area contributed by atoms with Gasteiger partial charge in [-0.3, -0.25) is 0 Å². The summed E-state index contributed by atoms with van der Waals surface area (Å²) in [6.07, 6.45) is 5.56. The highest BCUT2D eigenvalue weighted by molar-refractivity contribution is 6.17. The quantitative estimate of drug-likeness (QED) is 0.712. The molecule has 2 rings (SSSR count). The van der Waals surface area contributed by atoms with E-state index in [2.05, 4.69) is 21.8 Å². The maximum absolute atomic E-state index is 8.55. The van der Waals surface area contributed by atoms with Crippen molar-refractivity contribution in [2.75, 3.05) is 11.4 Å². The Hall–Kier alpha value is -1.30. The molecular weight excluding hydrogens is 193 g/mol. The SMILES string of the molecule is C[C@H]1CCCN1c1ncc(OBO)cn1. The fourth-order valence-electron chi connectivity index (χ4n) is 1.84. The highest BCUT2D eigenvalue weighted by Gasteiger charge is 2.22. The van der Waals surface area contributed by atoms with E-state index in [4.69, 9.17) is 9.68 Å². The van der Waals surface area contributed by atoms with Gasteiger partial charge in [-0.05, 0) is 19.8 Å². The summed E-state index contributed by atoms with van der Waals surface area (Å²) in [5.74, 6) is 1.23. The summed E-state index contributed by atoms with van der Waals surface area (Å²) in [5.41, 5.74) is 0. The van der Waals surface area contributed by atoms with Crippen molar-refractivity contribution < 1.29 is 9.68 Å². The van der Waals surface area contributed by atoms with Crippen molar-refractivity contribution in [3.63, 3.8) is 0 Å². The van der Waals surface area contributed by atoms with Crippen LogP contribution in [0, 0.1) is 0 Å². The van der Waals surface area contributed by atoms with Crippen molar-refractivity contribution >= 4 is 13.6 Å². The zero-order chi connectivity index (χ0) is 10.7. The molecule has 1 aliphatic heterocycles. The van der Waals surface area contributed by atoms with Gasteiger partial charge in [-0.15, -0.1) is 0 Å². The molecule has 0 aliphatic carbocycles. The zero-order valence-corrected chi connectivity index (χ0v) is 8.76. The number of aromatic nitrogens is 2. The van der Waals surface area contributed by atoms with Crippen LogP contribution in [0.25, 0.3) is 0 Å². The topological polar surface area (TPSA) is 58.5 Å². The van der Waals surface area contributed by atoms with Crippen molar-refractivity contribution in [1.29, 1.82) is 0 Å². The Kier molecular flexibility index (Phi) is 3.06. The molecule has 1 aromatic rings. The minimum absolute atomic E-state index is 0.344. The van der Waals surface area contributed by atoms with Crippen LogP contribution in [-0.4, -0.2) is 35.3 Å². The molecule has 5 nitrogen and oxygen atoms in total. The lowest BCUT2D eigenvalue weighted by molar-refractivity contribution is 0.451. The normalized spacial score (nSPS) is 20.4. The molecular formula is C9H14BN3O2. The van der Waals surface area contributed by atoms with E-state index in [1.54, 1.807) is 12.4 Å². The second-order valence-electron chi connectivity index (χ2n) is 3.68. The lowest BCUT2D eigenvalue weighted by atomic mass is 10.2. The van der Waals surface area contributed by atoms with Gasteiger partial charge in [0.25, 0.3) is 0 Å². The minimum atomic E-state index is -0.344. The first-order valence-electron chi connectivity index (χ1n) is 5.13. The Bertz CT molecular complexity index is 320. The van der Waals surface area contributed by atoms with Crippen LogP contribution in [0.5, 0.6) is 5.75 Å². The van der Waals surface area contributed by atoms with Gasteiger partial charge in [-0.1, -0.05) is 0 Å². The highest BCUT2D eigenvalue weighted by atomic mass is 16.5. The van der Waals surface area contributed by atoms with E-state index < -0.39 is 0 Å². The fraction of sp³-hybridized carbons (Fsp3) is 0.556. The van der Waals surface area contributed by atoms with Crippen LogP contribution >= 0.6 is 0 Å². The van der Waals surface area contributed by atoms with Crippen LogP contribution in [0.4, 0.5) is 5.95 Å². The Balaban J connectivity index is 2.09. The summed E-state index contributed by atoms with van der Waals surface area (Å²) in [5, 5.41) is 8.55. The van der Waals surface area contributed by atoms with Gasteiger partial charge in [0.15, 0.2) is 0 Å². The molecule has 1 saturated heterocycles. The molecule has 0 radical (unpaired) electrons. The maximum atomic E-state index is 8.55. The summed E-state index contributed by atoms with van der Waals surface area (Å²) < 4.78 is 4.86. The fourth-order valence-corrected chi connectivity index (χ4v) is 1.84. The van der Waals surface area contributed by atoms with Crippen molar-refractivity contribution in [1.82, 2.24) is 9.97 Å². The Morgan fingerprint density at radius 3 is 2.80 bits per heavy atom. The van der Waals surface area contributed by atoms with Crippen molar-refractivity contribution in [2.45, 2.75) is 25.8 Å². The molecule has 0 amide bonds. The first kappa shape index (κ1) is 10.2. The smallest absolute Gasteiger partial charge is 0.504 e. The minimum Gasteiger partial charge on any atom is -0.537 e. The van der Waals surface area contributed by atoms with Crippen LogP contribution < -0.4 is 9.55 Å². The van der Waals surface area contributed by atoms with Gasteiger partial charge in [0, 0.05) is 12.6 Å². The van der Waals surface area contributed by atoms with Gasteiger partial charge in [-0.25, -0.2) is 9.97 Å². The van der Waals surface area contributed by atoms with E-state index in [-0.39, 0.29) is 7.69 Å². The molecule has 1 fully saturated rings. The van der Waals surface area contributed by atoms with Gasteiger partial charge in [0.1, 0.15) is 5.75 Å². The van der Waals surface area contributed by atoms with E-state index >= 15 is 0 Å². The number of anilines is 1. The average molecular weight is 207 g/mol. The number of nitrogens with zero attached hydrogens (tertiary/aromatic N) is 3. The molecule has 0 unspecified atom stereocenters. The summed E-state index contributed by atoms with van der Waals surface area (Å²) in [6, 6.07) is 0.509. The van der Waals surface area contributed by atoms with Gasteiger partial charge in [0.2, 0.25) is 5.95 Å². The second-order valence-corrected chi connectivity index (χ2v) is 3.68. The van der Waals surface area contributed by atoms with E-state index in [9.17, 15) is 0 Å². The van der Waals surface area contributed by atoms with E-state index in [1.807, 2.05) is 0 Å². The number of rotatable bonds is 3. The summed E-state index contributed by atoms with van der Waals surface area (Å²) in [7, 11) is -0.344. The molecule has 15 heavy (non-hydrogen) atoms. The predicted molar refractivity (Wildman–Crippen MR) is 58.1 cm³/mol. The van der Waals surface area contributed by atoms with Crippen LogP contribution in [0.3, 0.4) is 0 Å². The highest BCUT2D eigenvalue weighted by Crippen LogP contribution is 2.22. The number of hydrogen-bond donors (Lipinski definition) is 1. The average Bonchev–Trinajstić information content (AvgIpc) is 2.66. The Labute approximate surface area is 89.4 Å². The molecule has 6 heteroatoms. The molecule has 0 spiro atoms. The lowest BCUT2D eigenvalue weighted by Gasteiger charge is -2.20. The summed E-state index contributed by atoms with van der Waals surface area (Å²) in [6.45, 7) is 3.19. The Morgan fingerprint density at radius 1 is 1.53 bits per heavy atom. The van der Waals surface area contributed by atoms with E-state index in [0.717, 1.165) is 12.5 Å². The first-order chi connectivity index (χ1) is 7.31. The lowest BCUT2D eigenvalue weighted by Crippen LogP contribution is -2.28. The predicted octanol–water partition coefficient (Wildman–Crippen LogP) is 0.103. The largest absolute Gasteiger partial charge is 0.537 e. The van der Waals surface area contributed by atoms with Crippen LogP contribution in [-0.2, 0) is 0 Å². The van der Waals surface area contributed by atoms with E-state index in [0.29, 0.717) is 11.8 Å². The van der Waals surface area contributed by atoms with Crippen molar-refractivity contribution in [3.8, 4) is 5.75 Å². The zero-order valence-electron chi connectivity index (χ0n) is 8.76. The number of hydrogen-bond acceptors (Lipinski definition) is 5. The molecule has 0 saturated carbocycles. The second kappa shape index (κ2) is 4.48. The standard InChI is InChI=1S/C9H14BN3O2/c1-7-3-2-4-13(7)9-11-5-8(6-12-9)15-10-14/h5-7,10,14H,2-4H2,1H3/t7-/m0/s1. The summed E-state index contributed by atoms with van der Waals surface area (Å²) in [4.78, 5) is 10.6. The van der Waals surface area contributed by atoms with Crippen LogP contribution in [0.1, 0.15) is 19.8 Å². The molecule has 1 atom stereocenters. The monoisotopic (exact) mass is 207 g/mol. The van der Waals surface area contributed by atoms with Gasteiger partial charge >= 0.3 is 7.69 Å². The molecule has 80 valence electrons. The first-order valence-corrected chi connectivity index (χ1v) is 5.13. The summed E-state index contributed by atoms with van der Waals surface area (Å²) >= 11 is 0. The maximum Gasteiger partial charge on any atom is 0.504 e. The molecule has 2 heterocycles.